The lowest BCUT2D eigenvalue weighted by molar-refractivity contribution is -0.126. The van der Waals surface area contributed by atoms with Crippen molar-refractivity contribution >= 4 is 17.5 Å². The molecular weight excluding hydrogens is 309 g/mol. The zero-order valence-corrected chi connectivity index (χ0v) is 14.1. The van der Waals surface area contributed by atoms with Crippen LogP contribution in [0.3, 0.4) is 0 Å². The fourth-order valence-corrected chi connectivity index (χ4v) is 3.64. The Hall–Kier alpha value is -1.95. The molecule has 1 aliphatic heterocycles. The maximum Gasteiger partial charge on any atom is 0.246 e. The molecule has 3 N–H and O–H groups in total. The lowest BCUT2D eigenvalue weighted by atomic mass is 9.65. The van der Waals surface area contributed by atoms with Gasteiger partial charge in [-0.15, -0.1) is 0 Å². The van der Waals surface area contributed by atoms with Gasteiger partial charge in [-0.1, -0.05) is 26.3 Å². The van der Waals surface area contributed by atoms with Crippen molar-refractivity contribution < 1.29 is 14.0 Å². The van der Waals surface area contributed by atoms with Gasteiger partial charge in [-0.25, -0.2) is 4.39 Å². The Morgan fingerprint density at radius 1 is 1.38 bits per heavy atom. The highest BCUT2D eigenvalue weighted by molar-refractivity contribution is 5.99. The number of benzene rings is 1. The van der Waals surface area contributed by atoms with Crippen molar-refractivity contribution in [2.24, 2.45) is 11.7 Å². The normalized spacial score (nSPS) is 19.1. The van der Waals surface area contributed by atoms with Gasteiger partial charge in [0.1, 0.15) is 5.82 Å². The van der Waals surface area contributed by atoms with E-state index < -0.39 is 6.04 Å². The summed E-state index contributed by atoms with van der Waals surface area (Å²) in [5.74, 6) is -0.807. The molecule has 1 fully saturated rings. The molecule has 1 aromatic carbocycles. The minimum absolute atomic E-state index is 0.0000405. The summed E-state index contributed by atoms with van der Waals surface area (Å²) in [6.07, 6.45) is 2.85. The molecule has 24 heavy (non-hydrogen) atoms. The second-order valence-electron chi connectivity index (χ2n) is 7.24. The first kappa shape index (κ1) is 16.9. The number of halogens is 1. The van der Waals surface area contributed by atoms with Crippen LogP contribution in [0.25, 0.3) is 0 Å². The second-order valence-corrected chi connectivity index (χ2v) is 7.24. The summed E-state index contributed by atoms with van der Waals surface area (Å²) in [5, 5.41) is 2.60. The van der Waals surface area contributed by atoms with Crippen LogP contribution in [0.2, 0.25) is 0 Å². The van der Waals surface area contributed by atoms with Crippen LogP contribution in [-0.4, -0.2) is 30.9 Å². The van der Waals surface area contributed by atoms with Crippen LogP contribution in [0.15, 0.2) is 18.2 Å². The maximum absolute atomic E-state index is 14.3. The van der Waals surface area contributed by atoms with Gasteiger partial charge in [0.05, 0.1) is 18.3 Å². The van der Waals surface area contributed by atoms with E-state index in [1.807, 2.05) is 13.8 Å². The highest BCUT2D eigenvalue weighted by atomic mass is 19.1. The highest BCUT2D eigenvalue weighted by Gasteiger charge is 2.50. The van der Waals surface area contributed by atoms with Crippen LogP contribution < -0.4 is 16.0 Å². The topological polar surface area (TPSA) is 75.4 Å². The first-order valence-electron chi connectivity index (χ1n) is 8.48. The Kier molecular flexibility index (Phi) is 4.34. The third-order valence-corrected chi connectivity index (χ3v) is 5.32. The molecule has 1 atom stereocenters. The van der Waals surface area contributed by atoms with Gasteiger partial charge in [-0.3, -0.25) is 9.59 Å². The molecule has 1 aliphatic carbocycles. The zero-order chi connectivity index (χ0) is 17.5. The molecule has 5 nitrogen and oxygen atoms in total. The number of carbonyl (C=O) groups excluding carboxylic acids is 2. The summed E-state index contributed by atoms with van der Waals surface area (Å²) >= 11 is 0. The first-order chi connectivity index (χ1) is 11.4. The molecule has 2 aliphatic rings. The lowest BCUT2D eigenvalue weighted by Crippen LogP contribution is -2.49. The Labute approximate surface area is 141 Å². The predicted molar refractivity (Wildman–Crippen MR) is 90.1 cm³/mol. The van der Waals surface area contributed by atoms with Gasteiger partial charge in [0, 0.05) is 17.5 Å². The SMILES string of the molecule is CC(C)[C@H](N)C(=O)NCC(=O)N1CC2(CCC2)c2c(F)cccc21. The van der Waals surface area contributed by atoms with Crippen LogP contribution in [0, 0.1) is 11.7 Å². The smallest absolute Gasteiger partial charge is 0.246 e. The van der Waals surface area contributed by atoms with Crippen LogP contribution in [0.1, 0.15) is 38.7 Å². The van der Waals surface area contributed by atoms with E-state index in [9.17, 15) is 14.0 Å². The number of nitrogens with one attached hydrogen (secondary N) is 1. The van der Waals surface area contributed by atoms with Gasteiger partial charge in [0.15, 0.2) is 0 Å². The molecule has 0 aromatic heterocycles. The number of hydrogen-bond acceptors (Lipinski definition) is 3. The van der Waals surface area contributed by atoms with Crippen LogP contribution >= 0.6 is 0 Å². The average Bonchev–Trinajstić information content (AvgIpc) is 2.88. The molecule has 1 heterocycles. The molecule has 0 bridgehead atoms. The Balaban J connectivity index is 1.73. The Morgan fingerprint density at radius 2 is 2.08 bits per heavy atom. The van der Waals surface area contributed by atoms with Gasteiger partial charge in [-0.2, -0.15) is 0 Å². The minimum atomic E-state index is -0.640. The van der Waals surface area contributed by atoms with Crippen LogP contribution in [0.4, 0.5) is 10.1 Å². The molecule has 6 heteroatoms. The van der Waals surface area contributed by atoms with E-state index >= 15 is 0 Å². The van der Waals surface area contributed by atoms with Gasteiger partial charge in [0.25, 0.3) is 0 Å². The lowest BCUT2D eigenvalue weighted by Gasteiger charge is -2.39. The number of hydrogen-bond donors (Lipinski definition) is 2. The number of amides is 2. The summed E-state index contributed by atoms with van der Waals surface area (Å²) < 4.78 is 14.3. The van der Waals surface area contributed by atoms with Crippen molar-refractivity contribution in [3.8, 4) is 0 Å². The summed E-state index contributed by atoms with van der Waals surface area (Å²) in [6, 6.07) is 4.22. The van der Waals surface area contributed by atoms with Crippen molar-refractivity contribution in [1.82, 2.24) is 5.32 Å². The predicted octanol–water partition coefficient (Wildman–Crippen LogP) is 1.69. The van der Waals surface area contributed by atoms with E-state index in [-0.39, 0.29) is 35.5 Å². The van der Waals surface area contributed by atoms with E-state index in [2.05, 4.69) is 5.32 Å². The molecule has 130 valence electrons. The second kappa shape index (κ2) is 6.16. The van der Waals surface area contributed by atoms with Crippen molar-refractivity contribution in [1.29, 1.82) is 0 Å². The molecule has 1 aromatic rings. The van der Waals surface area contributed by atoms with E-state index in [1.54, 1.807) is 17.0 Å². The number of carbonyl (C=O) groups is 2. The van der Waals surface area contributed by atoms with Crippen LogP contribution in [-0.2, 0) is 15.0 Å². The highest BCUT2D eigenvalue weighted by Crippen LogP contribution is 2.53. The molecule has 0 saturated heterocycles. The van der Waals surface area contributed by atoms with Crippen molar-refractivity contribution in [2.75, 3.05) is 18.0 Å². The van der Waals surface area contributed by atoms with Crippen molar-refractivity contribution in [3.63, 3.8) is 0 Å². The number of rotatable bonds is 4. The fourth-order valence-electron chi connectivity index (χ4n) is 3.64. The summed E-state index contributed by atoms with van der Waals surface area (Å²) in [4.78, 5) is 26.1. The van der Waals surface area contributed by atoms with E-state index in [1.165, 1.54) is 6.07 Å². The van der Waals surface area contributed by atoms with Crippen molar-refractivity contribution in [2.45, 2.75) is 44.6 Å². The first-order valence-corrected chi connectivity index (χ1v) is 8.48. The van der Waals surface area contributed by atoms with E-state index in [0.717, 1.165) is 19.3 Å². The third kappa shape index (κ3) is 2.69. The summed E-state index contributed by atoms with van der Waals surface area (Å²) in [7, 11) is 0. The number of nitrogens with two attached hydrogens (primary N) is 1. The molecule has 1 saturated carbocycles. The fraction of sp³-hybridized carbons (Fsp3) is 0.556. The van der Waals surface area contributed by atoms with Crippen LogP contribution in [0.5, 0.6) is 0 Å². The minimum Gasteiger partial charge on any atom is -0.346 e. The van der Waals surface area contributed by atoms with Gasteiger partial charge in [0.2, 0.25) is 11.8 Å². The van der Waals surface area contributed by atoms with Gasteiger partial charge >= 0.3 is 0 Å². The average molecular weight is 333 g/mol. The zero-order valence-electron chi connectivity index (χ0n) is 14.1. The molecule has 0 radical (unpaired) electrons. The Bertz CT molecular complexity index is 670. The molecule has 3 rings (SSSR count). The largest absolute Gasteiger partial charge is 0.346 e. The standard InChI is InChI=1S/C18H24FN3O2/c1-11(2)16(20)17(24)21-9-14(23)22-10-18(7-4-8-18)15-12(19)5-3-6-13(15)22/h3,5-6,11,16H,4,7-10,20H2,1-2H3,(H,21,24)/t16-/m0/s1. The summed E-state index contributed by atoms with van der Waals surface area (Å²) in [5.41, 5.74) is 6.84. The summed E-state index contributed by atoms with van der Waals surface area (Å²) in [6.45, 7) is 4.08. The third-order valence-electron chi connectivity index (χ3n) is 5.32. The van der Waals surface area contributed by atoms with E-state index in [0.29, 0.717) is 17.8 Å². The molecular formula is C18H24FN3O2. The van der Waals surface area contributed by atoms with Gasteiger partial charge in [-0.05, 0) is 30.9 Å². The molecule has 0 unspecified atom stereocenters. The number of nitrogens with zero attached hydrogens (tertiary/aromatic N) is 1. The monoisotopic (exact) mass is 333 g/mol. The molecule has 2 amide bonds. The number of anilines is 1. The van der Waals surface area contributed by atoms with E-state index in [4.69, 9.17) is 5.73 Å². The quantitative estimate of drug-likeness (QED) is 0.880. The van der Waals surface area contributed by atoms with Gasteiger partial charge < -0.3 is 16.0 Å². The maximum atomic E-state index is 14.3. The van der Waals surface area contributed by atoms with Crippen molar-refractivity contribution in [3.05, 3.63) is 29.6 Å². The number of fused-ring (bicyclic) bond motifs is 2. The molecule has 1 spiro atoms. The Morgan fingerprint density at radius 3 is 2.67 bits per heavy atom.